The van der Waals surface area contributed by atoms with Crippen LogP contribution in [-0.2, 0) is 92.3 Å². The predicted octanol–water partition coefficient (Wildman–Crippen LogP) is -4.14. The van der Waals surface area contributed by atoms with Gasteiger partial charge in [-0.15, -0.1) is 11.8 Å². The molecule has 5 aliphatic heterocycles. The molecule has 6 amide bonds. The van der Waals surface area contributed by atoms with Gasteiger partial charge in [0.15, 0.2) is 12.6 Å². The number of esters is 2. The quantitative estimate of drug-likeness (QED) is 0.0246. The van der Waals surface area contributed by atoms with E-state index in [1.165, 1.54) is 41.3 Å². The van der Waals surface area contributed by atoms with Gasteiger partial charge >= 0.3 is 11.9 Å². The summed E-state index contributed by atoms with van der Waals surface area (Å²) < 4.78 is 62.6. The number of hydrogen-bond donors (Lipinski definition) is 6. The minimum absolute atomic E-state index is 0.000812. The summed E-state index contributed by atoms with van der Waals surface area (Å²) in [5, 5.41) is 47.5. The summed E-state index contributed by atoms with van der Waals surface area (Å²) in [7, 11) is 0. The lowest BCUT2D eigenvalue weighted by molar-refractivity contribution is -0.296. The molecule has 0 bridgehead atoms. The summed E-state index contributed by atoms with van der Waals surface area (Å²) in [6.45, 7) is 2.94. The summed E-state index contributed by atoms with van der Waals surface area (Å²) in [4.78, 5) is 116. The Kier molecular flexibility index (Phi) is 24.3. The molecule has 7 rings (SSSR count). The van der Waals surface area contributed by atoms with Crippen LogP contribution in [0.1, 0.15) is 37.6 Å². The number of aliphatic hydroxyl groups excluding tert-OH is 4. The number of benzene rings is 1. The predicted molar refractivity (Wildman–Crippen MR) is 282 cm³/mol. The molecule has 31 heteroatoms. The molecule has 5 fully saturated rings. The highest BCUT2D eigenvalue weighted by Crippen LogP contribution is 2.32. The van der Waals surface area contributed by atoms with E-state index in [0.717, 1.165) is 16.7 Å². The number of nitrogens with one attached hydrogen (secondary N) is 2. The molecule has 6 heterocycles. The molecule has 0 aliphatic carbocycles. The molecule has 1 aromatic carbocycles. The number of nitrogens with zero attached hydrogens (tertiary/aromatic N) is 4. The molecule has 5 aliphatic rings. The molecule has 0 spiro atoms. The second-order valence-electron chi connectivity index (χ2n) is 19.8. The molecule has 460 valence electrons. The maximum atomic E-state index is 13.6. The number of aromatic nitrogens is 1. The van der Waals surface area contributed by atoms with Gasteiger partial charge in [-0.3, -0.25) is 43.3 Å². The molecule has 5 saturated heterocycles. The van der Waals surface area contributed by atoms with E-state index in [9.17, 15) is 63.6 Å². The van der Waals surface area contributed by atoms with E-state index in [1.54, 1.807) is 18.2 Å². The van der Waals surface area contributed by atoms with Crippen LogP contribution in [-0.4, -0.2) is 284 Å². The molecule has 5 unspecified atom stereocenters. The fourth-order valence-corrected chi connectivity index (χ4v) is 10.8. The van der Waals surface area contributed by atoms with E-state index in [2.05, 4.69) is 10.6 Å². The van der Waals surface area contributed by atoms with Crippen LogP contribution in [0.4, 0.5) is 0 Å². The molecule has 1 aromatic heterocycles. The Hall–Kier alpha value is -5.94. The Morgan fingerprint density at radius 3 is 1.75 bits per heavy atom. The first kappa shape index (κ1) is 64.6. The molecular weight excluding hydrogens is 1120 g/mol. The zero-order valence-corrected chi connectivity index (χ0v) is 47.0. The second kappa shape index (κ2) is 31.3. The van der Waals surface area contributed by atoms with Gasteiger partial charge in [0, 0.05) is 63.5 Å². The number of Topliss-reactive ketones (excluding diaryl/α,β-unsaturated/α-hetero) is 1. The Morgan fingerprint density at radius 1 is 0.675 bits per heavy atom. The largest absolute Gasteiger partial charge is 0.492 e. The van der Waals surface area contributed by atoms with Crippen LogP contribution in [0.2, 0.25) is 0 Å². The third-order valence-corrected chi connectivity index (χ3v) is 15.2. The second-order valence-corrected chi connectivity index (χ2v) is 21.0. The first-order valence-electron chi connectivity index (χ1n) is 27.0. The van der Waals surface area contributed by atoms with E-state index >= 15 is 0 Å². The maximum Gasteiger partial charge on any atom is 0.340 e. The fourth-order valence-electron chi connectivity index (χ4n) is 9.80. The van der Waals surface area contributed by atoms with E-state index in [0.29, 0.717) is 10.9 Å². The van der Waals surface area contributed by atoms with E-state index in [-0.39, 0.29) is 172 Å². The van der Waals surface area contributed by atoms with Gasteiger partial charge < -0.3 is 97.5 Å². The van der Waals surface area contributed by atoms with Crippen molar-refractivity contribution in [1.82, 2.24) is 29.9 Å². The minimum Gasteiger partial charge on any atom is -0.492 e. The van der Waals surface area contributed by atoms with Gasteiger partial charge in [-0.2, -0.15) is 0 Å². The SMILES string of the molecule is CC(=O)CSC1CC(=O)N(CCOc2ccc3c(c2)c(C(=O)OCCOCCOCC(=O)NCC2OC4OCCN(C(C)=O)[C@@H]4[C@@H](O)[C@H]2O)cn3CC(=O)OCCOCCOCC(=O)NCC2OC3OCCN(C(C)=O)[C@@H]3[C@@H](O)[C@H]2O)C1=O. The topological polar surface area (TPSA) is 375 Å². The minimum atomic E-state index is -1.41. The Labute approximate surface area is 480 Å². The van der Waals surface area contributed by atoms with Crippen LogP contribution < -0.4 is 15.4 Å². The number of aliphatic hydroxyl groups is 4. The summed E-state index contributed by atoms with van der Waals surface area (Å²) in [5.41, 5.74) is 0.477. The molecule has 6 N–H and O–H groups in total. The van der Waals surface area contributed by atoms with Crippen molar-refractivity contribution in [1.29, 1.82) is 0 Å². The number of morpholine rings is 2. The number of amides is 6. The lowest BCUT2D eigenvalue weighted by Crippen LogP contribution is -2.68. The highest BCUT2D eigenvalue weighted by atomic mass is 32.2. The number of carbonyl (C=O) groups is 9. The van der Waals surface area contributed by atoms with E-state index < -0.39 is 96.2 Å². The first-order valence-corrected chi connectivity index (χ1v) is 28.1. The summed E-state index contributed by atoms with van der Waals surface area (Å²) in [6, 6.07) is 2.94. The van der Waals surface area contributed by atoms with Crippen LogP contribution in [0.15, 0.2) is 24.4 Å². The number of fused-ring (bicyclic) bond motifs is 3. The van der Waals surface area contributed by atoms with Crippen molar-refractivity contribution in [3.05, 3.63) is 30.0 Å². The summed E-state index contributed by atoms with van der Waals surface area (Å²) in [5.74, 6) is -3.69. The third kappa shape index (κ3) is 17.6. The Morgan fingerprint density at radius 2 is 1.20 bits per heavy atom. The first-order chi connectivity index (χ1) is 39.8. The summed E-state index contributed by atoms with van der Waals surface area (Å²) in [6.07, 6.45) is -8.17. The van der Waals surface area contributed by atoms with Crippen molar-refractivity contribution in [3.8, 4) is 5.75 Å². The van der Waals surface area contributed by atoms with Crippen molar-refractivity contribution < 1.29 is 116 Å². The van der Waals surface area contributed by atoms with Crippen molar-refractivity contribution in [2.75, 3.05) is 124 Å². The van der Waals surface area contributed by atoms with Gasteiger partial charge in [0.05, 0.1) is 76.0 Å². The number of ether oxygens (including phenoxy) is 11. The van der Waals surface area contributed by atoms with Crippen LogP contribution in [0.3, 0.4) is 0 Å². The zero-order chi connectivity index (χ0) is 59.7. The van der Waals surface area contributed by atoms with Crippen LogP contribution in [0, 0.1) is 0 Å². The average molecular weight is 1200 g/mol. The molecular formula is C52H72N6O24S. The highest BCUT2D eigenvalue weighted by Gasteiger charge is 2.51. The van der Waals surface area contributed by atoms with E-state index in [1.807, 2.05) is 0 Å². The monoisotopic (exact) mass is 1200 g/mol. The average Bonchev–Trinajstić information content (AvgIpc) is 4.13. The van der Waals surface area contributed by atoms with Gasteiger partial charge in [0.25, 0.3) is 0 Å². The van der Waals surface area contributed by atoms with Gasteiger partial charge in [-0.1, -0.05) is 0 Å². The molecule has 11 atom stereocenters. The number of hydrogen-bond acceptors (Lipinski definition) is 25. The lowest BCUT2D eigenvalue weighted by Gasteiger charge is -2.49. The van der Waals surface area contributed by atoms with Gasteiger partial charge in [-0.05, 0) is 25.1 Å². The number of rotatable bonds is 30. The number of thioether (sulfide) groups is 1. The van der Waals surface area contributed by atoms with E-state index in [4.69, 9.17) is 52.1 Å². The van der Waals surface area contributed by atoms with Crippen molar-refractivity contribution in [2.24, 2.45) is 0 Å². The highest BCUT2D eigenvalue weighted by molar-refractivity contribution is 8.01. The fraction of sp³-hybridized carbons (Fsp3) is 0.673. The molecule has 2 aromatic rings. The van der Waals surface area contributed by atoms with Crippen molar-refractivity contribution >= 4 is 75.8 Å². The number of likely N-dealkylation sites (tertiary alicyclic amines) is 1. The van der Waals surface area contributed by atoms with Crippen LogP contribution in [0.25, 0.3) is 10.9 Å². The van der Waals surface area contributed by atoms with Crippen molar-refractivity contribution in [2.45, 2.75) is 100 Å². The zero-order valence-electron chi connectivity index (χ0n) is 46.2. The van der Waals surface area contributed by atoms with Gasteiger partial charge in [-0.25, -0.2) is 4.79 Å². The molecule has 0 saturated carbocycles. The van der Waals surface area contributed by atoms with Gasteiger partial charge in [0.2, 0.25) is 35.4 Å². The van der Waals surface area contributed by atoms with Crippen LogP contribution in [0.5, 0.6) is 5.75 Å². The van der Waals surface area contributed by atoms with Crippen molar-refractivity contribution in [3.63, 3.8) is 0 Å². The smallest absolute Gasteiger partial charge is 0.340 e. The summed E-state index contributed by atoms with van der Waals surface area (Å²) >= 11 is 1.11. The number of imide groups is 1. The molecule has 83 heavy (non-hydrogen) atoms. The Bertz CT molecular complexity index is 2610. The molecule has 30 nitrogen and oxygen atoms in total. The number of carbonyl (C=O) groups excluding carboxylic acids is 9. The third-order valence-electron chi connectivity index (χ3n) is 13.9. The lowest BCUT2D eigenvalue weighted by atomic mass is 9.94. The molecule has 0 radical (unpaired) electrons. The maximum absolute atomic E-state index is 13.6. The van der Waals surface area contributed by atoms with Gasteiger partial charge in [0.1, 0.15) is 99.8 Å². The normalized spacial score (nSPS) is 26.1. The Balaban J connectivity index is 0.817. The number of ketones is 1. The van der Waals surface area contributed by atoms with Crippen LogP contribution >= 0.6 is 11.8 Å². The standard InChI is InChI=1S/C52H72N6O24S/c1-29(59)28-83-38-21-41(64)58(49(38)70)8-9-76-32-4-5-35-33(20-32)34(50(71)78-19-17-73-13-15-75-27-40(63)54-23-37-46(67)48(69)44-52(82-37)80-11-7-57(44)31(3)61)24-55(35)25-42(65)77-18-16-72-12-14-74-26-39(62)53-22-36-45(66)47(68)43-51(81-36)79-10-6-56(43)30(2)60/h4-5,20,24,36-38,43-48,51-52,66-69H,6-19,21-23,25-28H2,1-3H3,(H,53,62)(H,54,63)/t36?,37?,38?,43-,44-,45+,46+,47-,48-,51?,52?/m1/s1.